The SMILES string of the molecule is CNC1CCN(C(C)C2CCCCC2)C(C)C1C. The lowest BCUT2D eigenvalue weighted by molar-refractivity contribution is 0.0239. The van der Waals surface area contributed by atoms with Crippen LogP contribution in [0.1, 0.15) is 59.3 Å². The van der Waals surface area contributed by atoms with Gasteiger partial charge in [-0.05, 0) is 52.0 Å². The second-order valence-corrected chi connectivity index (χ2v) is 6.66. The Morgan fingerprint density at radius 2 is 1.72 bits per heavy atom. The first-order valence-corrected chi connectivity index (χ1v) is 8.08. The van der Waals surface area contributed by atoms with Crippen LogP contribution in [0.5, 0.6) is 0 Å². The number of rotatable bonds is 3. The van der Waals surface area contributed by atoms with Gasteiger partial charge in [0.05, 0.1) is 0 Å². The van der Waals surface area contributed by atoms with Crippen molar-refractivity contribution in [1.82, 2.24) is 10.2 Å². The van der Waals surface area contributed by atoms with Crippen LogP contribution in [0.15, 0.2) is 0 Å². The predicted octanol–water partition coefficient (Wildman–Crippen LogP) is 3.27. The van der Waals surface area contributed by atoms with Crippen molar-refractivity contribution >= 4 is 0 Å². The Kier molecular flexibility index (Phi) is 5.08. The first-order valence-electron chi connectivity index (χ1n) is 8.08. The number of nitrogens with one attached hydrogen (secondary N) is 1. The fourth-order valence-corrected chi connectivity index (χ4v) is 4.26. The van der Waals surface area contributed by atoms with Gasteiger partial charge in [0.1, 0.15) is 0 Å². The molecule has 1 saturated heterocycles. The summed E-state index contributed by atoms with van der Waals surface area (Å²) in [6.45, 7) is 8.63. The summed E-state index contributed by atoms with van der Waals surface area (Å²) in [7, 11) is 2.12. The van der Waals surface area contributed by atoms with E-state index in [1.165, 1.54) is 45.1 Å². The molecule has 1 heterocycles. The molecule has 1 aliphatic carbocycles. The average molecular weight is 252 g/mol. The molecule has 2 nitrogen and oxygen atoms in total. The third-order valence-electron chi connectivity index (χ3n) is 5.84. The summed E-state index contributed by atoms with van der Waals surface area (Å²) in [5, 5.41) is 3.50. The lowest BCUT2D eigenvalue weighted by Crippen LogP contribution is -2.56. The summed E-state index contributed by atoms with van der Waals surface area (Å²) >= 11 is 0. The number of piperidine rings is 1. The Balaban J connectivity index is 1.95. The highest BCUT2D eigenvalue weighted by Crippen LogP contribution is 2.33. The summed E-state index contributed by atoms with van der Waals surface area (Å²) in [5.74, 6) is 1.73. The van der Waals surface area contributed by atoms with Crippen molar-refractivity contribution in [3.63, 3.8) is 0 Å². The molecule has 0 aromatic heterocycles. The quantitative estimate of drug-likeness (QED) is 0.829. The molecule has 0 aromatic carbocycles. The molecule has 0 spiro atoms. The average Bonchev–Trinajstić information content (AvgIpc) is 2.42. The van der Waals surface area contributed by atoms with Gasteiger partial charge in [0.15, 0.2) is 0 Å². The highest BCUT2D eigenvalue weighted by atomic mass is 15.2. The van der Waals surface area contributed by atoms with Gasteiger partial charge in [0.25, 0.3) is 0 Å². The molecular formula is C16H32N2. The van der Waals surface area contributed by atoms with Crippen LogP contribution < -0.4 is 5.32 Å². The Morgan fingerprint density at radius 1 is 1.06 bits per heavy atom. The standard InChI is InChI=1S/C16H32N2/c1-12-13(2)18(11-10-16(12)17-4)14(3)15-8-6-5-7-9-15/h12-17H,5-11H2,1-4H3. The van der Waals surface area contributed by atoms with Crippen LogP contribution in [0.25, 0.3) is 0 Å². The highest BCUT2D eigenvalue weighted by molar-refractivity contribution is 4.92. The van der Waals surface area contributed by atoms with Gasteiger partial charge in [0, 0.05) is 24.7 Å². The molecule has 1 N–H and O–H groups in total. The van der Waals surface area contributed by atoms with Gasteiger partial charge in [0.2, 0.25) is 0 Å². The molecule has 18 heavy (non-hydrogen) atoms. The molecule has 2 aliphatic rings. The normalized spacial score (nSPS) is 37.7. The first-order chi connectivity index (χ1) is 8.65. The van der Waals surface area contributed by atoms with Crippen LogP contribution in [0.2, 0.25) is 0 Å². The van der Waals surface area contributed by atoms with E-state index >= 15 is 0 Å². The molecule has 4 atom stereocenters. The summed E-state index contributed by atoms with van der Waals surface area (Å²) in [4.78, 5) is 2.80. The molecule has 0 amide bonds. The number of hydrogen-bond donors (Lipinski definition) is 1. The van der Waals surface area contributed by atoms with Crippen molar-refractivity contribution in [3.8, 4) is 0 Å². The minimum Gasteiger partial charge on any atom is -0.317 e. The van der Waals surface area contributed by atoms with Crippen LogP contribution in [0, 0.1) is 11.8 Å². The van der Waals surface area contributed by atoms with E-state index in [1.807, 2.05) is 0 Å². The smallest absolute Gasteiger partial charge is 0.0117 e. The second-order valence-electron chi connectivity index (χ2n) is 6.66. The molecule has 1 saturated carbocycles. The van der Waals surface area contributed by atoms with Crippen LogP contribution in [-0.2, 0) is 0 Å². The second kappa shape index (κ2) is 6.38. The van der Waals surface area contributed by atoms with Gasteiger partial charge in [-0.15, -0.1) is 0 Å². The molecule has 2 fully saturated rings. The lowest BCUT2D eigenvalue weighted by atomic mass is 9.80. The number of likely N-dealkylation sites (tertiary alicyclic amines) is 1. The minimum atomic E-state index is 0.717. The van der Waals surface area contributed by atoms with Crippen molar-refractivity contribution in [2.24, 2.45) is 11.8 Å². The van der Waals surface area contributed by atoms with Gasteiger partial charge >= 0.3 is 0 Å². The van der Waals surface area contributed by atoms with Crippen LogP contribution in [0.4, 0.5) is 0 Å². The fourth-order valence-electron chi connectivity index (χ4n) is 4.26. The molecule has 4 unspecified atom stereocenters. The van der Waals surface area contributed by atoms with E-state index in [9.17, 15) is 0 Å². The largest absolute Gasteiger partial charge is 0.317 e. The number of hydrogen-bond acceptors (Lipinski definition) is 2. The maximum Gasteiger partial charge on any atom is 0.0117 e. The fraction of sp³-hybridized carbons (Fsp3) is 1.00. The van der Waals surface area contributed by atoms with Crippen molar-refractivity contribution in [2.45, 2.75) is 77.4 Å². The maximum absolute atomic E-state index is 3.50. The third-order valence-corrected chi connectivity index (χ3v) is 5.84. The van der Waals surface area contributed by atoms with Crippen molar-refractivity contribution < 1.29 is 0 Å². The van der Waals surface area contributed by atoms with Crippen LogP contribution in [-0.4, -0.2) is 36.6 Å². The zero-order valence-electron chi connectivity index (χ0n) is 12.8. The van der Waals surface area contributed by atoms with Crippen molar-refractivity contribution in [3.05, 3.63) is 0 Å². The van der Waals surface area contributed by atoms with E-state index in [4.69, 9.17) is 0 Å². The summed E-state index contributed by atoms with van der Waals surface area (Å²) in [5.41, 5.74) is 0. The van der Waals surface area contributed by atoms with E-state index in [0.717, 1.165) is 30.0 Å². The van der Waals surface area contributed by atoms with Gasteiger partial charge in [-0.1, -0.05) is 26.2 Å². The summed E-state index contributed by atoms with van der Waals surface area (Å²) in [6.07, 6.45) is 8.65. The van der Waals surface area contributed by atoms with Gasteiger partial charge < -0.3 is 5.32 Å². The topological polar surface area (TPSA) is 15.3 Å². The molecule has 2 rings (SSSR count). The van der Waals surface area contributed by atoms with E-state index in [2.05, 4.69) is 38.0 Å². The highest BCUT2D eigenvalue weighted by Gasteiger charge is 2.36. The van der Waals surface area contributed by atoms with Crippen LogP contribution >= 0.6 is 0 Å². The zero-order chi connectivity index (χ0) is 13.1. The van der Waals surface area contributed by atoms with E-state index in [-0.39, 0.29) is 0 Å². The predicted molar refractivity (Wildman–Crippen MR) is 78.8 cm³/mol. The van der Waals surface area contributed by atoms with E-state index in [1.54, 1.807) is 0 Å². The van der Waals surface area contributed by atoms with Gasteiger partial charge in [-0.3, -0.25) is 4.90 Å². The zero-order valence-corrected chi connectivity index (χ0v) is 12.8. The Labute approximate surface area is 114 Å². The Hall–Kier alpha value is -0.0800. The molecule has 2 heteroatoms. The molecule has 0 radical (unpaired) electrons. The first kappa shape index (κ1) is 14.3. The lowest BCUT2D eigenvalue weighted by Gasteiger charge is -2.48. The monoisotopic (exact) mass is 252 g/mol. The molecule has 0 aromatic rings. The van der Waals surface area contributed by atoms with Crippen molar-refractivity contribution in [2.75, 3.05) is 13.6 Å². The maximum atomic E-state index is 3.50. The summed E-state index contributed by atoms with van der Waals surface area (Å²) in [6, 6.07) is 2.24. The molecule has 106 valence electrons. The van der Waals surface area contributed by atoms with Gasteiger partial charge in [-0.2, -0.15) is 0 Å². The Bertz CT molecular complexity index is 247. The number of nitrogens with zero attached hydrogens (tertiary/aromatic N) is 1. The summed E-state index contributed by atoms with van der Waals surface area (Å²) < 4.78 is 0. The molecule has 1 aliphatic heterocycles. The van der Waals surface area contributed by atoms with Crippen molar-refractivity contribution in [1.29, 1.82) is 0 Å². The molecular weight excluding hydrogens is 220 g/mol. The Morgan fingerprint density at radius 3 is 2.33 bits per heavy atom. The third kappa shape index (κ3) is 2.91. The van der Waals surface area contributed by atoms with E-state index in [0.29, 0.717) is 0 Å². The minimum absolute atomic E-state index is 0.717. The van der Waals surface area contributed by atoms with E-state index < -0.39 is 0 Å². The van der Waals surface area contributed by atoms with Gasteiger partial charge in [-0.25, -0.2) is 0 Å². The van der Waals surface area contributed by atoms with Crippen LogP contribution in [0.3, 0.4) is 0 Å². The molecule has 0 bridgehead atoms.